The van der Waals surface area contributed by atoms with Gasteiger partial charge in [-0.15, -0.1) is 0 Å². The first kappa shape index (κ1) is 24.5. The summed E-state index contributed by atoms with van der Waals surface area (Å²) < 4.78 is 11.2. The Morgan fingerprint density at radius 1 is 1.18 bits per heavy atom. The molecule has 2 aromatic rings. The second-order valence-electron chi connectivity index (χ2n) is 10.6. The number of hydrogen-bond donors (Lipinski definition) is 3. The number of hydrogen-bond acceptors (Lipinski definition) is 6. The van der Waals surface area contributed by atoms with Gasteiger partial charge < -0.3 is 19.8 Å². The Morgan fingerprint density at radius 3 is 2.56 bits per heavy atom. The van der Waals surface area contributed by atoms with Gasteiger partial charge in [0.25, 0.3) is 11.8 Å². The molecule has 9 heteroatoms. The van der Waals surface area contributed by atoms with E-state index in [4.69, 9.17) is 9.15 Å². The molecule has 1 saturated heterocycles. The number of morpholine rings is 1. The van der Waals surface area contributed by atoms with Crippen LogP contribution in [0.25, 0.3) is 0 Å². The molecule has 0 bridgehead atoms. The molecular weight excluding hydrogens is 434 g/mol. The molecule has 1 saturated carbocycles. The van der Waals surface area contributed by atoms with Crippen LogP contribution in [0.2, 0.25) is 0 Å². The molecule has 2 aliphatic rings. The molecule has 2 amide bonds. The van der Waals surface area contributed by atoms with Crippen molar-refractivity contribution in [2.75, 3.05) is 31.6 Å². The zero-order chi connectivity index (χ0) is 24.3. The molecule has 0 radical (unpaired) electrons. The SMILES string of the molecule is Cc1oc(CN2CCOCC2)cc1C(=O)Nc1cn[nH]c1C(=O)NC1CCC(C(C)(C)C)CC1.[HH].[HH].[HH]. The minimum Gasteiger partial charge on any atom is -0.464 e. The maximum Gasteiger partial charge on any atom is 0.271 e. The number of rotatable bonds is 6. The Labute approximate surface area is 205 Å². The second kappa shape index (κ2) is 10.3. The molecule has 2 aromatic heterocycles. The number of anilines is 1. The van der Waals surface area contributed by atoms with Gasteiger partial charge in [0.15, 0.2) is 0 Å². The molecular formula is C25H43N5O4. The van der Waals surface area contributed by atoms with E-state index in [-0.39, 0.29) is 27.8 Å². The highest BCUT2D eigenvalue weighted by atomic mass is 16.5. The van der Waals surface area contributed by atoms with Gasteiger partial charge in [-0.2, -0.15) is 5.10 Å². The molecule has 1 aliphatic heterocycles. The monoisotopic (exact) mass is 477 g/mol. The van der Waals surface area contributed by atoms with Crippen LogP contribution in [0.4, 0.5) is 5.69 Å². The first-order chi connectivity index (χ1) is 16.2. The summed E-state index contributed by atoms with van der Waals surface area (Å²) >= 11 is 0. The van der Waals surface area contributed by atoms with Crippen LogP contribution in [0.1, 0.15) is 83.1 Å². The Balaban J connectivity index is 0.00000228. The molecule has 0 spiro atoms. The van der Waals surface area contributed by atoms with Gasteiger partial charge in [-0.3, -0.25) is 19.6 Å². The topological polar surface area (TPSA) is 112 Å². The smallest absolute Gasteiger partial charge is 0.271 e. The van der Waals surface area contributed by atoms with Crippen LogP contribution in [-0.2, 0) is 11.3 Å². The van der Waals surface area contributed by atoms with Gasteiger partial charge in [0, 0.05) is 23.4 Å². The van der Waals surface area contributed by atoms with E-state index in [1.165, 1.54) is 6.20 Å². The Morgan fingerprint density at radius 2 is 1.88 bits per heavy atom. The third-order valence-electron chi connectivity index (χ3n) is 7.10. The minimum atomic E-state index is -0.324. The summed E-state index contributed by atoms with van der Waals surface area (Å²) in [6, 6.07) is 1.91. The lowest BCUT2D eigenvalue weighted by atomic mass is 9.71. The summed E-state index contributed by atoms with van der Waals surface area (Å²) in [5.41, 5.74) is 1.38. The first-order valence-corrected chi connectivity index (χ1v) is 12.3. The van der Waals surface area contributed by atoms with Gasteiger partial charge in [0.05, 0.1) is 37.2 Å². The van der Waals surface area contributed by atoms with Crippen molar-refractivity contribution in [2.24, 2.45) is 11.3 Å². The standard InChI is InChI=1S/C25H37N5O4.3H2/c1-16-20(13-19(34-16)15-30-9-11-33-12-10-30)23(31)28-21-14-26-29-22(21)24(32)27-18-7-5-17(6-8-18)25(2,3)4;;;/h13-14,17-18H,5-12,15H2,1-4H3,(H,26,29)(H,27,32)(H,28,31);3*1H. The quantitative estimate of drug-likeness (QED) is 0.566. The van der Waals surface area contributed by atoms with Gasteiger partial charge >= 0.3 is 0 Å². The van der Waals surface area contributed by atoms with Crippen LogP contribution < -0.4 is 10.6 Å². The number of aryl methyl sites for hydroxylation is 1. The molecule has 0 atom stereocenters. The number of carbonyl (C=O) groups excluding carboxylic acids is 2. The van der Waals surface area contributed by atoms with Crippen molar-refractivity contribution in [3.8, 4) is 0 Å². The molecule has 2 fully saturated rings. The van der Waals surface area contributed by atoms with Gasteiger partial charge in [-0.25, -0.2) is 0 Å². The van der Waals surface area contributed by atoms with E-state index in [2.05, 4.69) is 46.5 Å². The number of ether oxygens (including phenoxy) is 1. The van der Waals surface area contributed by atoms with Crippen molar-refractivity contribution in [1.29, 1.82) is 0 Å². The van der Waals surface area contributed by atoms with Crippen LogP contribution in [0.3, 0.4) is 0 Å². The van der Waals surface area contributed by atoms with Crippen LogP contribution in [-0.4, -0.2) is 59.3 Å². The largest absolute Gasteiger partial charge is 0.464 e. The highest BCUT2D eigenvalue weighted by Gasteiger charge is 2.31. The van der Waals surface area contributed by atoms with Crippen molar-refractivity contribution in [3.63, 3.8) is 0 Å². The Kier molecular flexibility index (Phi) is 7.42. The zero-order valence-electron chi connectivity index (χ0n) is 20.7. The van der Waals surface area contributed by atoms with Crippen molar-refractivity contribution < 1.29 is 23.0 Å². The molecule has 9 nitrogen and oxygen atoms in total. The fourth-order valence-electron chi connectivity index (χ4n) is 4.93. The lowest BCUT2D eigenvalue weighted by Gasteiger charge is -2.37. The molecule has 0 aromatic carbocycles. The van der Waals surface area contributed by atoms with Gasteiger partial charge in [0.2, 0.25) is 0 Å². The molecule has 4 rings (SSSR count). The van der Waals surface area contributed by atoms with Crippen molar-refractivity contribution in [2.45, 2.75) is 66.0 Å². The highest BCUT2D eigenvalue weighted by Crippen LogP contribution is 2.37. The lowest BCUT2D eigenvalue weighted by molar-refractivity contribution is 0.0312. The number of carbonyl (C=O) groups is 2. The normalized spacial score (nSPS) is 21.9. The predicted molar refractivity (Wildman–Crippen MR) is 135 cm³/mol. The zero-order valence-corrected chi connectivity index (χ0v) is 20.7. The van der Waals surface area contributed by atoms with E-state index in [0.717, 1.165) is 44.5 Å². The molecule has 0 unspecified atom stereocenters. The van der Waals surface area contributed by atoms with E-state index in [0.29, 0.717) is 48.1 Å². The first-order valence-electron chi connectivity index (χ1n) is 12.3. The van der Waals surface area contributed by atoms with E-state index in [1.807, 2.05) is 0 Å². The Hall–Kier alpha value is -2.65. The number of nitrogens with zero attached hydrogens (tertiary/aromatic N) is 2. The number of H-pyrrole nitrogens is 1. The lowest BCUT2D eigenvalue weighted by Crippen LogP contribution is -2.39. The number of amides is 2. The van der Waals surface area contributed by atoms with Crippen molar-refractivity contribution in [1.82, 2.24) is 20.4 Å². The van der Waals surface area contributed by atoms with Crippen LogP contribution in [0.15, 0.2) is 16.7 Å². The minimum absolute atomic E-state index is 0. The average molecular weight is 478 g/mol. The van der Waals surface area contributed by atoms with Crippen molar-refractivity contribution in [3.05, 3.63) is 35.0 Å². The molecule has 192 valence electrons. The summed E-state index contributed by atoms with van der Waals surface area (Å²) in [6.45, 7) is 12.3. The maximum atomic E-state index is 13.0. The molecule has 3 heterocycles. The van der Waals surface area contributed by atoms with Gasteiger partial charge in [-0.1, -0.05) is 20.8 Å². The number of nitrogens with one attached hydrogen (secondary N) is 3. The average Bonchev–Trinajstić information content (AvgIpc) is 3.40. The van der Waals surface area contributed by atoms with Crippen LogP contribution in [0.5, 0.6) is 0 Å². The van der Waals surface area contributed by atoms with Crippen LogP contribution >= 0.6 is 0 Å². The van der Waals surface area contributed by atoms with Crippen molar-refractivity contribution >= 4 is 17.5 Å². The van der Waals surface area contributed by atoms with E-state index >= 15 is 0 Å². The molecule has 1 aliphatic carbocycles. The highest BCUT2D eigenvalue weighted by molar-refractivity contribution is 6.08. The summed E-state index contributed by atoms with van der Waals surface area (Å²) in [7, 11) is 0. The molecule has 34 heavy (non-hydrogen) atoms. The summed E-state index contributed by atoms with van der Waals surface area (Å²) in [6.07, 6.45) is 5.60. The number of aromatic nitrogens is 2. The predicted octanol–water partition coefficient (Wildman–Crippen LogP) is 4.47. The van der Waals surface area contributed by atoms with E-state index < -0.39 is 0 Å². The summed E-state index contributed by atoms with van der Waals surface area (Å²) in [4.78, 5) is 28.1. The van der Waals surface area contributed by atoms with Gasteiger partial charge in [0.1, 0.15) is 17.2 Å². The van der Waals surface area contributed by atoms with Gasteiger partial charge in [-0.05, 0) is 50.0 Å². The third-order valence-corrected chi connectivity index (χ3v) is 7.10. The van der Waals surface area contributed by atoms with E-state index in [9.17, 15) is 9.59 Å². The number of furan rings is 1. The fourth-order valence-corrected chi connectivity index (χ4v) is 4.93. The Bertz CT molecular complexity index is 1010. The maximum absolute atomic E-state index is 13.0. The second-order valence-corrected chi connectivity index (χ2v) is 10.6. The van der Waals surface area contributed by atoms with Crippen LogP contribution in [0, 0.1) is 18.3 Å². The summed E-state index contributed by atoms with van der Waals surface area (Å²) in [5, 5.41) is 12.7. The summed E-state index contributed by atoms with van der Waals surface area (Å²) in [5.74, 6) is 1.39. The third kappa shape index (κ3) is 5.88. The number of aromatic amines is 1. The fraction of sp³-hybridized carbons (Fsp3) is 0.640. The van der Waals surface area contributed by atoms with E-state index in [1.54, 1.807) is 13.0 Å². The molecule has 3 N–H and O–H groups in total.